The van der Waals surface area contributed by atoms with Crippen LogP contribution in [-0.4, -0.2) is 0 Å². The second-order valence-electron chi connectivity index (χ2n) is 2.68. The van der Waals surface area contributed by atoms with Crippen LogP contribution < -0.4 is 0 Å². The van der Waals surface area contributed by atoms with E-state index in [9.17, 15) is 0 Å². The van der Waals surface area contributed by atoms with Gasteiger partial charge in [-0.3, -0.25) is 0 Å². The second-order valence-corrected chi connectivity index (χ2v) is 2.68. The summed E-state index contributed by atoms with van der Waals surface area (Å²) in [6.45, 7) is 6.40. The minimum Gasteiger partial charge on any atom is -0.180 e. The first-order valence-electron chi connectivity index (χ1n) is 3.72. The predicted molar refractivity (Wildman–Crippen MR) is 44.1 cm³/mol. The molecule has 0 aliphatic heterocycles. The monoisotopic (exact) mass is 222 g/mol. The standard InChI is InChI=1S/C10H13.Y/c1-4-10-7-8(2)5-6-9(10)3;/h6-7H,4H2,1-3H3;/q-1;. The van der Waals surface area contributed by atoms with E-state index in [1.54, 1.807) is 0 Å². The third-order valence-corrected chi connectivity index (χ3v) is 1.79. The molecule has 1 aromatic rings. The summed E-state index contributed by atoms with van der Waals surface area (Å²) in [6, 6.07) is 7.44. The number of rotatable bonds is 1. The average Bonchev–Trinajstić information content (AvgIpc) is 1.94. The van der Waals surface area contributed by atoms with Gasteiger partial charge in [-0.15, -0.1) is 0 Å². The number of hydrogen-bond donors (Lipinski definition) is 0. The Labute approximate surface area is 94.3 Å². The molecular weight excluding hydrogens is 209 g/mol. The van der Waals surface area contributed by atoms with E-state index in [-0.39, 0.29) is 32.7 Å². The van der Waals surface area contributed by atoms with Crippen LogP contribution in [0.1, 0.15) is 23.6 Å². The van der Waals surface area contributed by atoms with Crippen molar-refractivity contribution in [2.24, 2.45) is 0 Å². The molecular formula is C10H13Y-. The van der Waals surface area contributed by atoms with Crippen molar-refractivity contribution in [1.29, 1.82) is 0 Å². The Bertz CT molecular complexity index is 228. The largest absolute Gasteiger partial charge is 0.180 e. The quantitative estimate of drug-likeness (QED) is 0.641. The summed E-state index contributed by atoms with van der Waals surface area (Å²) >= 11 is 0. The zero-order valence-corrected chi connectivity index (χ0v) is 10.3. The van der Waals surface area contributed by atoms with Crippen LogP contribution in [-0.2, 0) is 39.1 Å². The van der Waals surface area contributed by atoms with Crippen molar-refractivity contribution in [2.75, 3.05) is 0 Å². The second kappa shape index (κ2) is 5.06. The van der Waals surface area contributed by atoms with Gasteiger partial charge in [0.05, 0.1) is 0 Å². The first-order valence-corrected chi connectivity index (χ1v) is 3.72. The van der Waals surface area contributed by atoms with Gasteiger partial charge in [0.25, 0.3) is 0 Å². The summed E-state index contributed by atoms with van der Waals surface area (Å²) in [5.41, 5.74) is 4.03. The van der Waals surface area contributed by atoms with E-state index in [1.807, 2.05) is 0 Å². The van der Waals surface area contributed by atoms with Gasteiger partial charge in [0.1, 0.15) is 0 Å². The van der Waals surface area contributed by atoms with Gasteiger partial charge in [-0.2, -0.15) is 34.9 Å². The first kappa shape index (κ1) is 11.3. The van der Waals surface area contributed by atoms with E-state index in [0.29, 0.717) is 0 Å². The summed E-state index contributed by atoms with van der Waals surface area (Å²) in [4.78, 5) is 0. The van der Waals surface area contributed by atoms with Crippen LogP contribution in [0.15, 0.2) is 12.1 Å². The third kappa shape index (κ3) is 3.05. The molecule has 0 saturated carbocycles. The molecule has 57 valence electrons. The van der Waals surface area contributed by atoms with Crippen molar-refractivity contribution in [1.82, 2.24) is 0 Å². The molecule has 1 heteroatoms. The van der Waals surface area contributed by atoms with Gasteiger partial charge in [0, 0.05) is 32.7 Å². The van der Waals surface area contributed by atoms with E-state index < -0.39 is 0 Å². The number of benzene rings is 1. The molecule has 0 spiro atoms. The molecule has 0 aliphatic rings. The molecule has 0 heterocycles. The number of hydrogen-bond acceptors (Lipinski definition) is 0. The minimum absolute atomic E-state index is 0. The maximum atomic E-state index is 3.17. The molecule has 0 aliphatic carbocycles. The van der Waals surface area contributed by atoms with E-state index in [4.69, 9.17) is 0 Å². The van der Waals surface area contributed by atoms with Crippen LogP contribution in [0.3, 0.4) is 0 Å². The van der Waals surface area contributed by atoms with Crippen molar-refractivity contribution >= 4 is 0 Å². The molecule has 0 aromatic heterocycles. The van der Waals surface area contributed by atoms with Crippen molar-refractivity contribution in [2.45, 2.75) is 27.2 Å². The smallest absolute Gasteiger partial charge is 0 e. The van der Waals surface area contributed by atoms with E-state index in [0.717, 1.165) is 6.42 Å². The van der Waals surface area contributed by atoms with E-state index in [2.05, 4.69) is 39.0 Å². The molecule has 0 N–H and O–H groups in total. The molecule has 0 amide bonds. The average molecular weight is 222 g/mol. The van der Waals surface area contributed by atoms with Crippen LogP contribution in [0.25, 0.3) is 0 Å². The minimum atomic E-state index is 0. The van der Waals surface area contributed by atoms with Crippen LogP contribution >= 0.6 is 0 Å². The van der Waals surface area contributed by atoms with Crippen LogP contribution in [0, 0.1) is 19.9 Å². The van der Waals surface area contributed by atoms with Crippen LogP contribution in [0.5, 0.6) is 0 Å². The Morgan fingerprint density at radius 1 is 1.36 bits per heavy atom. The normalized spacial score (nSPS) is 9.00. The van der Waals surface area contributed by atoms with E-state index in [1.165, 1.54) is 16.7 Å². The van der Waals surface area contributed by atoms with Crippen molar-refractivity contribution in [3.8, 4) is 0 Å². The summed E-state index contributed by atoms with van der Waals surface area (Å²) in [6.07, 6.45) is 1.13. The summed E-state index contributed by atoms with van der Waals surface area (Å²) in [5.74, 6) is 0. The molecule has 0 saturated heterocycles. The Balaban J connectivity index is 0.000001000. The maximum absolute atomic E-state index is 3.17. The Morgan fingerprint density at radius 3 is 2.45 bits per heavy atom. The van der Waals surface area contributed by atoms with Crippen LogP contribution in [0.2, 0.25) is 0 Å². The molecule has 0 bridgehead atoms. The molecule has 1 aromatic carbocycles. The Kier molecular flexibility index (Phi) is 5.20. The molecule has 0 atom stereocenters. The summed E-state index contributed by atoms with van der Waals surface area (Å²) < 4.78 is 0. The molecule has 0 unspecified atom stereocenters. The fourth-order valence-corrected chi connectivity index (χ4v) is 1.11. The summed E-state index contributed by atoms with van der Waals surface area (Å²) in [7, 11) is 0. The maximum Gasteiger partial charge on any atom is 0 e. The SMILES string of the molecule is CCc1cc(C)[c-]cc1C.[Y]. The zero-order chi connectivity index (χ0) is 7.56. The van der Waals surface area contributed by atoms with E-state index >= 15 is 0 Å². The third-order valence-electron chi connectivity index (χ3n) is 1.79. The fourth-order valence-electron chi connectivity index (χ4n) is 1.11. The van der Waals surface area contributed by atoms with Gasteiger partial charge in [-0.25, -0.2) is 0 Å². The Morgan fingerprint density at radius 2 is 2.00 bits per heavy atom. The molecule has 11 heavy (non-hydrogen) atoms. The predicted octanol–water partition coefficient (Wildman–Crippen LogP) is 2.66. The van der Waals surface area contributed by atoms with Crippen molar-refractivity contribution in [3.05, 3.63) is 34.9 Å². The van der Waals surface area contributed by atoms with Gasteiger partial charge in [-0.05, 0) is 0 Å². The summed E-state index contributed by atoms with van der Waals surface area (Å²) in [5, 5.41) is 0. The first-order chi connectivity index (χ1) is 4.74. The molecule has 1 rings (SSSR count). The van der Waals surface area contributed by atoms with Gasteiger partial charge < -0.3 is 0 Å². The topological polar surface area (TPSA) is 0 Å². The van der Waals surface area contributed by atoms with Gasteiger partial charge in [0.15, 0.2) is 0 Å². The van der Waals surface area contributed by atoms with Crippen LogP contribution in [0.4, 0.5) is 0 Å². The zero-order valence-electron chi connectivity index (χ0n) is 7.44. The fraction of sp³-hybridized carbons (Fsp3) is 0.400. The molecule has 1 radical (unpaired) electrons. The van der Waals surface area contributed by atoms with Crippen molar-refractivity contribution in [3.63, 3.8) is 0 Å². The van der Waals surface area contributed by atoms with Crippen molar-refractivity contribution < 1.29 is 32.7 Å². The van der Waals surface area contributed by atoms with Gasteiger partial charge in [0.2, 0.25) is 0 Å². The Hall–Kier alpha value is 0.324. The molecule has 0 nitrogen and oxygen atoms in total. The molecule has 0 fully saturated rings. The van der Waals surface area contributed by atoms with Gasteiger partial charge in [-0.1, -0.05) is 27.2 Å². The number of aryl methyl sites for hydroxylation is 3. The van der Waals surface area contributed by atoms with Gasteiger partial charge >= 0.3 is 0 Å².